The summed E-state index contributed by atoms with van der Waals surface area (Å²) in [6.07, 6.45) is 1.77. The van der Waals surface area contributed by atoms with Crippen molar-refractivity contribution < 1.29 is 27.4 Å². The molecule has 0 aliphatic carbocycles. The molecule has 3 rings (SSSR count). The summed E-state index contributed by atoms with van der Waals surface area (Å²) in [6, 6.07) is 9.46. The van der Waals surface area contributed by atoms with Gasteiger partial charge in [-0.1, -0.05) is 12.1 Å². The van der Waals surface area contributed by atoms with E-state index in [1.54, 1.807) is 12.1 Å². The third kappa shape index (κ3) is 4.03. The van der Waals surface area contributed by atoms with E-state index in [1.807, 2.05) is 6.07 Å². The fourth-order valence-corrected chi connectivity index (χ4v) is 3.86. The molecule has 138 valence electrons. The van der Waals surface area contributed by atoms with Gasteiger partial charge in [-0.05, 0) is 54.3 Å². The van der Waals surface area contributed by atoms with E-state index in [0.29, 0.717) is 17.9 Å². The van der Waals surface area contributed by atoms with Crippen LogP contribution in [0.4, 0.5) is 4.39 Å². The van der Waals surface area contributed by atoms with E-state index in [0.717, 1.165) is 42.7 Å². The minimum Gasteiger partial charge on any atom is -0.493 e. The van der Waals surface area contributed by atoms with Crippen LogP contribution in [0.1, 0.15) is 23.5 Å². The highest BCUT2D eigenvalue weighted by molar-refractivity contribution is 7.89. The van der Waals surface area contributed by atoms with Gasteiger partial charge < -0.3 is 9.84 Å². The van der Waals surface area contributed by atoms with Crippen molar-refractivity contribution in [3.05, 3.63) is 59.4 Å². The Morgan fingerprint density at radius 1 is 1.23 bits per heavy atom. The van der Waals surface area contributed by atoms with Gasteiger partial charge in [0.1, 0.15) is 11.6 Å². The van der Waals surface area contributed by atoms with Gasteiger partial charge >= 0.3 is 5.97 Å². The third-order valence-electron chi connectivity index (χ3n) is 4.24. The molecule has 0 spiro atoms. The zero-order valence-electron chi connectivity index (χ0n) is 13.8. The smallest absolute Gasteiger partial charge is 0.312 e. The molecular formula is C18H18FNO5S. The number of fused-ring (bicyclic) bond motifs is 1. The number of carboxylic acids is 1. The van der Waals surface area contributed by atoms with Crippen LogP contribution in [-0.2, 0) is 21.2 Å². The number of hydrogen-bond acceptors (Lipinski definition) is 4. The topological polar surface area (TPSA) is 92.7 Å². The lowest BCUT2D eigenvalue weighted by molar-refractivity contribution is -0.138. The molecule has 1 aliphatic rings. The van der Waals surface area contributed by atoms with Crippen LogP contribution in [0.25, 0.3) is 0 Å². The zero-order chi connectivity index (χ0) is 18.7. The Morgan fingerprint density at radius 3 is 2.65 bits per heavy atom. The summed E-state index contributed by atoms with van der Waals surface area (Å²) < 4.78 is 45.4. The van der Waals surface area contributed by atoms with E-state index in [9.17, 15) is 22.7 Å². The molecule has 0 amide bonds. The van der Waals surface area contributed by atoms with Crippen molar-refractivity contribution in [1.29, 1.82) is 0 Å². The maximum atomic E-state index is 12.9. The molecule has 2 N–H and O–H groups in total. The molecule has 0 aromatic heterocycles. The van der Waals surface area contributed by atoms with Gasteiger partial charge in [-0.3, -0.25) is 4.79 Å². The van der Waals surface area contributed by atoms with Crippen molar-refractivity contribution in [2.75, 3.05) is 13.2 Å². The monoisotopic (exact) mass is 379 g/mol. The highest BCUT2D eigenvalue weighted by atomic mass is 32.2. The molecule has 0 radical (unpaired) electrons. The summed E-state index contributed by atoms with van der Waals surface area (Å²) in [6.45, 7) is 0.249. The lowest BCUT2D eigenvalue weighted by Crippen LogP contribution is -2.31. The Balaban J connectivity index is 1.79. The molecule has 1 unspecified atom stereocenters. The van der Waals surface area contributed by atoms with Crippen molar-refractivity contribution in [2.45, 2.75) is 23.7 Å². The number of sulfonamides is 1. The van der Waals surface area contributed by atoms with Crippen molar-refractivity contribution in [3.63, 3.8) is 0 Å². The summed E-state index contributed by atoms with van der Waals surface area (Å²) in [4.78, 5) is 11.5. The molecule has 0 saturated heterocycles. The molecule has 1 atom stereocenters. The van der Waals surface area contributed by atoms with Crippen molar-refractivity contribution in [3.8, 4) is 5.75 Å². The van der Waals surface area contributed by atoms with Crippen molar-refractivity contribution >= 4 is 16.0 Å². The standard InChI is InChI=1S/C18H18FNO5S/c19-14-5-7-15(8-6-14)26(23,24)20-11-16(18(21)22)13-4-3-12-2-1-9-25-17(12)10-13/h3-8,10,16,20H,1-2,9,11H2,(H,21,22). The number of carbonyl (C=O) groups is 1. The van der Waals surface area contributed by atoms with E-state index < -0.39 is 27.7 Å². The van der Waals surface area contributed by atoms with Crippen LogP contribution < -0.4 is 9.46 Å². The quantitative estimate of drug-likeness (QED) is 0.803. The molecule has 1 aliphatic heterocycles. The van der Waals surface area contributed by atoms with Crippen LogP contribution >= 0.6 is 0 Å². The number of benzene rings is 2. The molecular weight excluding hydrogens is 361 g/mol. The number of halogens is 1. The number of nitrogens with one attached hydrogen (secondary N) is 1. The number of carboxylic acid groups (broad SMARTS) is 1. The molecule has 6 nitrogen and oxygen atoms in total. The zero-order valence-corrected chi connectivity index (χ0v) is 14.6. The highest BCUT2D eigenvalue weighted by Gasteiger charge is 2.25. The molecule has 0 bridgehead atoms. The molecule has 2 aromatic carbocycles. The Kier molecular flexibility index (Phi) is 5.24. The first-order chi connectivity index (χ1) is 12.4. The summed E-state index contributed by atoms with van der Waals surface area (Å²) in [5.41, 5.74) is 1.47. The fraction of sp³-hybridized carbons (Fsp3) is 0.278. The second kappa shape index (κ2) is 7.43. The Morgan fingerprint density at radius 2 is 1.96 bits per heavy atom. The van der Waals surface area contributed by atoms with Gasteiger partial charge in [-0.25, -0.2) is 17.5 Å². The summed E-state index contributed by atoms with van der Waals surface area (Å²) >= 11 is 0. The molecule has 1 heterocycles. The first-order valence-corrected chi connectivity index (χ1v) is 9.59. The number of aryl methyl sites for hydroxylation is 1. The van der Waals surface area contributed by atoms with Gasteiger partial charge in [0.05, 0.1) is 17.4 Å². The van der Waals surface area contributed by atoms with E-state index in [1.165, 1.54) is 0 Å². The summed E-state index contributed by atoms with van der Waals surface area (Å²) in [7, 11) is -3.94. The van der Waals surface area contributed by atoms with Crippen LogP contribution in [0.3, 0.4) is 0 Å². The minimum absolute atomic E-state index is 0.128. The minimum atomic E-state index is -3.94. The SMILES string of the molecule is O=C(O)C(CNS(=O)(=O)c1ccc(F)cc1)c1ccc2c(c1)OCCC2. The van der Waals surface area contributed by atoms with Gasteiger partial charge in [0.15, 0.2) is 0 Å². The van der Waals surface area contributed by atoms with Gasteiger partial charge in [-0.15, -0.1) is 0 Å². The molecule has 0 fully saturated rings. The number of ether oxygens (including phenoxy) is 1. The van der Waals surface area contributed by atoms with E-state index in [4.69, 9.17) is 4.74 Å². The Hall–Kier alpha value is -2.45. The van der Waals surface area contributed by atoms with E-state index in [-0.39, 0.29) is 11.4 Å². The van der Waals surface area contributed by atoms with Gasteiger partial charge in [0, 0.05) is 6.54 Å². The molecule has 26 heavy (non-hydrogen) atoms. The fourth-order valence-electron chi connectivity index (χ4n) is 2.81. The maximum Gasteiger partial charge on any atom is 0.312 e. The van der Waals surface area contributed by atoms with Crippen LogP contribution in [0.2, 0.25) is 0 Å². The predicted octanol–water partition coefficient (Wildman–Crippen LogP) is 2.30. The first-order valence-electron chi connectivity index (χ1n) is 8.10. The van der Waals surface area contributed by atoms with Crippen LogP contribution in [0, 0.1) is 5.82 Å². The average Bonchev–Trinajstić information content (AvgIpc) is 2.62. The molecule has 0 saturated carbocycles. The van der Waals surface area contributed by atoms with Crippen LogP contribution in [0.5, 0.6) is 5.75 Å². The number of aliphatic carboxylic acids is 1. The average molecular weight is 379 g/mol. The van der Waals surface area contributed by atoms with Crippen LogP contribution in [-0.4, -0.2) is 32.6 Å². The van der Waals surface area contributed by atoms with Crippen molar-refractivity contribution in [1.82, 2.24) is 4.72 Å². The summed E-state index contributed by atoms with van der Waals surface area (Å²) in [5, 5.41) is 9.51. The summed E-state index contributed by atoms with van der Waals surface area (Å²) in [5.74, 6) is -2.13. The number of rotatable bonds is 6. The third-order valence-corrected chi connectivity index (χ3v) is 5.68. The maximum absolute atomic E-state index is 12.9. The van der Waals surface area contributed by atoms with Gasteiger partial charge in [-0.2, -0.15) is 0 Å². The predicted molar refractivity (Wildman–Crippen MR) is 92.2 cm³/mol. The van der Waals surface area contributed by atoms with Gasteiger partial charge in [0.25, 0.3) is 0 Å². The Labute approximate surface area is 150 Å². The van der Waals surface area contributed by atoms with E-state index in [2.05, 4.69) is 4.72 Å². The lowest BCUT2D eigenvalue weighted by atomic mass is 9.96. The first kappa shape index (κ1) is 18.3. The largest absolute Gasteiger partial charge is 0.493 e. The van der Waals surface area contributed by atoms with Crippen molar-refractivity contribution in [2.24, 2.45) is 0 Å². The second-order valence-corrected chi connectivity index (χ2v) is 7.78. The molecule has 8 heteroatoms. The lowest BCUT2D eigenvalue weighted by Gasteiger charge is -2.20. The normalized spacial score (nSPS) is 15.0. The molecule has 2 aromatic rings. The highest BCUT2D eigenvalue weighted by Crippen LogP contribution is 2.29. The van der Waals surface area contributed by atoms with Crippen LogP contribution in [0.15, 0.2) is 47.4 Å². The van der Waals surface area contributed by atoms with Gasteiger partial charge in [0.2, 0.25) is 10.0 Å². The van der Waals surface area contributed by atoms with E-state index >= 15 is 0 Å². The Bertz CT molecular complexity index is 912. The number of hydrogen-bond donors (Lipinski definition) is 2. The second-order valence-electron chi connectivity index (χ2n) is 6.02.